The number of halogens is 1. The maximum atomic E-state index is 7.09. The van der Waals surface area contributed by atoms with Crippen LogP contribution >= 0.6 is 11.6 Å². The first-order valence-electron chi connectivity index (χ1n) is 13.5. The Labute approximate surface area is 215 Å². The molecule has 0 spiro atoms. The quantitative estimate of drug-likeness (QED) is 0.538. The number of likely N-dealkylation sites (tertiary alicyclic amines) is 1. The monoisotopic (exact) mass is 499 g/mol. The van der Waals surface area contributed by atoms with E-state index in [2.05, 4.69) is 44.7 Å². The summed E-state index contributed by atoms with van der Waals surface area (Å²) in [4.78, 5) is 9.38. The Bertz CT molecular complexity index is 995. The minimum atomic E-state index is -0.425. The molecule has 5 rings (SSSR count). The highest BCUT2D eigenvalue weighted by Gasteiger charge is 2.46. The van der Waals surface area contributed by atoms with Gasteiger partial charge in [0.15, 0.2) is 0 Å². The van der Waals surface area contributed by atoms with Crippen molar-refractivity contribution >= 4 is 28.1 Å². The van der Waals surface area contributed by atoms with Gasteiger partial charge in [-0.2, -0.15) is 0 Å². The van der Waals surface area contributed by atoms with Crippen LogP contribution in [0.1, 0.15) is 58.3 Å². The van der Waals surface area contributed by atoms with Crippen LogP contribution in [0, 0.1) is 0 Å². The molecule has 7 nitrogen and oxygen atoms in total. The zero-order chi connectivity index (χ0) is 24.5. The van der Waals surface area contributed by atoms with Crippen LogP contribution < -0.4 is 22.1 Å². The molecule has 2 aromatic rings. The minimum absolute atomic E-state index is 0.308. The minimum Gasteiger partial charge on any atom is -0.314 e. The Hall–Kier alpha value is -1.45. The summed E-state index contributed by atoms with van der Waals surface area (Å²) in [6.45, 7) is 5.29. The molecule has 3 fully saturated rings. The van der Waals surface area contributed by atoms with Gasteiger partial charge in [-0.15, -0.1) is 0 Å². The fourth-order valence-electron chi connectivity index (χ4n) is 6.67. The number of rotatable bonds is 5. The molecule has 192 valence electrons. The van der Waals surface area contributed by atoms with Crippen LogP contribution in [-0.4, -0.2) is 65.3 Å². The fourth-order valence-corrected chi connectivity index (χ4v) is 6.89. The highest BCUT2D eigenvalue weighted by molar-refractivity contribution is 6.36. The van der Waals surface area contributed by atoms with Gasteiger partial charge in [0.1, 0.15) is 18.9 Å². The Morgan fingerprint density at radius 1 is 0.829 bits per heavy atom. The predicted octanol–water partition coefficient (Wildman–Crippen LogP) is 3.85. The van der Waals surface area contributed by atoms with E-state index >= 15 is 0 Å². The molecule has 2 saturated heterocycles. The molecule has 35 heavy (non-hydrogen) atoms. The van der Waals surface area contributed by atoms with E-state index in [1.165, 1.54) is 38.5 Å². The molecule has 2 heterocycles. The third-order valence-corrected chi connectivity index (χ3v) is 8.89. The molecule has 6 N–H and O–H groups in total. The lowest BCUT2D eigenvalue weighted by Gasteiger charge is -2.57. The van der Waals surface area contributed by atoms with Crippen LogP contribution in [0.5, 0.6) is 0 Å². The zero-order valence-corrected chi connectivity index (χ0v) is 21.8. The van der Waals surface area contributed by atoms with Crippen molar-refractivity contribution in [2.75, 3.05) is 24.5 Å². The maximum absolute atomic E-state index is 7.09. The summed E-state index contributed by atoms with van der Waals surface area (Å²) in [7, 11) is 0. The van der Waals surface area contributed by atoms with Gasteiger partial charge in [0.05, 0.1) is 0 Å². The van der Waals surface area contributed by atoms with Crippen LogP contribution in [0.2, 0.25) is 5.02 Å². The molecule has 4 atom stereocenters. The molecule has 0 bridgehead atoms. The summed E-state index contributed by atoms with van der Waals surface area (Å²) in [6, 6.07) is 13.1. The SMILES string of the molecule is CCN1CCCC1CN1C(N)N(c2ccc(Cl)c3ccccc23)C(N)N(C2CCCCCC2)C1N. The number of fused-ring (bicyclic) bond motifs is 1. The van der Waals surface area contributed by atoms with Gasteiger partial charge in [0.25, 0.3) is 0 Å². The van der Waals surface area contributed by atoms with Crippen molar-refractivity contribution in [1.82, 2.24) is 14.7 Å². The summed E-state index contributed by atoms with van der Waals surface area (Å²) in [5.41, 5.74) is 22.2. The van der Waals surface area contributed by atoms with Gasteiger partial charge in [0.2, 0.25) is 0 Å². The third kappa shape index (κ3) is 4.80. The first-order chi connectivity index (χ1) is 17.0. The number of anilines is 1. The molecule has 0 aromatic heterocycles. The third-order valence-electron chi connectivity index (χ3n) is 8.56. The van der Waals surface area contributed by atoms with Crippen molar-refractivity contribution in [2.24, 2.45) is 17.2 Å². The van der Waals surface area contributed by atoms with Crippen molar-refractivity contribution in [2.45, 2.75) is 89.2 Å². The fraction of sp³-hybridized carbons (Fsp3) is 0.630. The average molecular weight is 500 g/mol. The van der Waals surface area contributed by atoms with E-state index in [9.17, 15) is 0 Å². The van der Waals surface area contributed by atoms with Crippen LogP contribution in [0.25, 0.3) is 10.8 Å². The molecule has 8 heteroatoms. The molecule has 1 aliphatic carbocycles. The summed E-state index contributed by atoms with van der Waals surface area (Å²) in [5, 5.41) is 2.82. The Morgan fingerprint density at radius 3 is 2.26 bits per heavy atom. The highest BCUT2D eigenvalue weighted by Crippen LogP contribution is 2.37. The highest BCUT2D eigenvalue weighted by atomic mass is 35.5. The van der Waals surface area contributed by atoms with Crippen LogP contribution in [-0.2, 0) is 0 Å². The van der Waals surface area contributed by atoms with Gasteiger partial charge in [-0.3, -0.25) is 16.4 Å². The second-order valence-electron chi connectivity index (χ2n) is 10.5. The summed E-state index contributed by atoms with van der Waals surface area (Å²) < 4.78 is 0. The molecular weight excluding hydrogens is 458 g/mol. The first kappa shape index (κ1) is 25.2. The van der Waals surface area contributed by atoms with E-state index in [4.69, 9.17) is 28.8 Å². The topological polar surface area (TPSA) is 91.0 Å². The Kier molecular flexibility index (Phi) is 7.84. The average Bonchev–Trinajstić information content (AvgIpc) is 3.15. The van der Waals surface area contributed by atoms with Gasteiger partial charge < -0.3 is 10.6 Å². The number of benzene rings is 2. The van der Waals surface area contributed by atoms with Gasteiger partial charge >= 0.3 is 0 Å². The van der Waals surface area contributed by atoms with Crippen LogP contribution in [0.15, 0.2) is 36.4 Å². The zero-order valence-electron chi connectivity index (χ0n) is 21.0. The Morgan fingerprint density at radius 2 is 1.54 bits per heavy atom. The Balaban J connectivity index is 1.55. The van der Waals surface area contributed by atoms with Crippen molar-refractivity contribution in [3.63, 3.8) is 0 Å². The maximum Gasteiger partial charge on any atom is 0.139 e. The second kappa shape index (κ2) is 10.9. The predicted molar refractivity (Wildman–Crippen MR) is 146 cm³/mol. The number of nitrogens with two attached hydrogens (primary N) is 3. The lowest BCUT2D eigenvalue weighted by Crippen LogP contribution is -2.80. The molecular formula is C27H42ClN7. The molecule has 1 saturated carbocycles. The van der Waals surface area contributed by atoms with Gasteiger partial charge in [-0.05, 0) is 50.9 Å². The number of hydrogen-bond acceptors (Lipinski definition) is 7. The van der Waals surface area contributed by atoms with E-state index in [0.717, 1.165) is 54.0 Å². The smallest absolute Gasteiger partial charge is 0.139 e. The van der Waals surface area contributed by atoms with E-state index in [-0.39, 0.29) is 6.29 Å². The second-order valence-corrected chi connectivity index (χ2v) is 10.9. The molecule has 2 aliphatic heterocycles. The van der Waals surface area contributed by atoms with E-state index < -0.39 is 12.6 Å². The van der Waals surface area contributed by atoms with E-state index in [0.29, 0.717) is 12.1 Å². The van der Waals surface area contributed by atoms with E-state index in [1.54, 1.807) is 0 Å². The number of nitrogens with zero attached hydrogens (tertiary/aromatic N) is 4. The van der Waals surface area contributed by atoms with Gasteiger partial charge in [0, 0.05) is 40.1 Å². The van der Waals surface area contributed by atoms with Crippen molar-refractivity contribution in [3.05, 3.63) is 41.4 Å². The lowest BCUT2D eigenvalue weighted by atomic mass is 10.0. The largest absolute Gasteiger partial charge is 0.314 e. The van der Waals surface area contributed by atoms with Crippen LogP contribution in [0.3, 0.4) is 0 Å². The number of likely N-dealkylation sites (N-methyl/N-ethyl adjacent to an activating group) is 1. The molecule has 3 aliphatic rings. The number of hydrogen-bond donors (Lipinski definition) is 3. The van der Waals surface area contributed by atoms with Gasteiger partial charge in [-0.1, -0.05) is 68.5 Å². The summed E-state index contributed by atoms with van der Waals surface area (Å²) in [6.07, 6.45) is 8.56. The molecule has 4 unspecified atom stereocenters. The normalized spacial score (nSPS) is 30.3. The molecule has 0 amide bonds. The lowest BCUT2D eigenvalue weighted by molar-refractivity contribution is -0.0915. The van der Waals surface area contributed by atoms with Crippen molar-refractivity contribution in [1.29, 1.82) is 0 Å². The van der Waals surface area contributed by atoms with Crippen molar-refractivity contribution in [3.8, 4) is 0 Å². The first-order valence-corrected chi connectivity index (χ1v) is 13.9. The summed E-state index contributed by atoms with van der Waals surface area (Å²) in [5.74, 6) is 0. The van der Waals surface area contributed by atoms with E-state index in [1.807, 2.05) is 18.2 Å². The standard InChI is InChI=1S/C27H42ClN7/c1-2-32-17-9-12-20(32)18-33-25(29)34(19-10-5-3-4-6-11-19)27(31)35(26(33)30)24-16-15-23(28)21-13-7-8-14-22(21)24/h7-8,13-16,19-20,25-27H,2-6,9-12,17-18,29-31H2,1H3. The van der Waals surface area contributed by atoms with Gasteiger partial charge in [-0.25, -0.2) is 9.80 Å². The summed E-state index contributed by atoms with van der Waals surface area (Å²) >= 11 is 6.58. The molecule has 0 radical (unpaired) electrons. The van der Waals surface area contributed by atoms with Crippen molar-refractivity contribution < 1.29 is 0 Å². The molecule has 2 aromatic carbocycles. The van der Waals surface area contributed by atoms with Crippen LogP contribution in [0.4, 0.5) is 5.69 Å².